The first kappa shape index (κ1) is 22.3. The van der Waals surface area contributed by atoms with Crippen LogP contribution in [0.3, 0.4) is 0 Å². The molecule has 1 saturated heterocycles. The maximum atomic E-state index is 12.0. The number of alkyl halides is 3. The smallest absolute Gasteiger partial charge is 0.265 e. The third kappa shape index (κ3) is 6.26. The van der Waals surface area contributed by atoms with Gasteiger partial charge in [-0.2, -0.15) is 0 Å². The van der Waals surface area contributed by atoms with Crippen LogP contribution in [0.2, 0.25) is 0 Å². The molecule has 1 atom stereocenters. The van der Waals surface area contributed by atoms with E-state index < -0.39 is 10.0 Å². The van der Waals surface area contributed by atoms with Crippen LogP contribution < -0.4 is 10.1 Å². The molecule has 1 aliphatic heterocycles. The maximum Gasteiger partial charge on any atom is 0.265 e. The van der Waals surface area contributed by atoms with Gasteiger partial charge in [-0.15, -0.1) is 0 Å². The largest absolute Gasteiger partial charge is 0.466 e. The Bertz CT molecular complexity index is 764. The fourth-order valence-corrected chi connectivity index (χ4v) is 3.58. The molecule has 0 spiro atoms. The summed E-state index contributed by atoms with van der Waals surface area (Å²) >= 11 is 24.1. The Hall–Kier alpha value is -0.990. The van der Waals surface area contributed by atoms with Crippen LogP contribution in [0.1, 0.15) is 25.3 Å². The first-order valence-electron chi connectivity index (χ1n) is 7.96. The van der Waals surface area contributed by atoms with E-state index in [1.165, 1.54) is 16.7 Å². The summed E-state index contributed by atoms with van der Waals surface area (Å²) in [6, 6.07) is 6.82. The zero-order valence-electron chi connectivity index (χ0n) is 14.5. The molecule has 27 heavy (non-hydrogen) atoms. The number of rotatable bonds is 6. The number of halogens is 3. The molecule has 1 fully saturated rings. The van der Waals surface area contributed by atoms with Crippen molar-refractivity contribution in [2.24, 2.45) is 0 Å². The van der Waals surface area contributed by atoms with Gasteiger partial charge in [0.25, 0.3) is 5.91 Å². The Labute approximate surface area is 182 Å². The highest BCUT2D eigenvalue weighted by Crippen LogP contribution is 2.33. The molecule has 0 radical (unpaired) electrons. The molecule has 2 amide bonds. The minimum atomic E-state index is -1.84. The van der Waals surface area contributed by atoms with Crippen molar-refractivity contribution in [3.05, 3.63) is 34.7 Å². The summed E-state index contributed by atoms with van der Waals surface area (Å²) in [6.45, 7) is 1.87. The number of ether oxygens (including phenoxy) is 1. The van der Waals surface area contributed by atoms with Crippen LogP contribution in [0.15, 0.2) is 29.2 Å². The molecular weight excluding hydrogens is 451 g/mol. The van der Waals surface area contributed by atoms with Crippen LogP contribution in [0.4, 0.5) is 0 Å². The number of carbonyl (C=O) groups is 2. The van der Waals surface area contributed by atoms with Crippen molar-refractivity contribution in [1.82, 2.24) is 10.2 Å². The molecule has 0 aromatic heterocycles. The van der Waals surface area contributed by atoms with Gasteiger partial charge < -0.3 is 10.1 Å². The Balaban J connectivity index is 2.10. The predicted octanol–water partition coefficient (Wildman–Crippen LogP) is 4.51. The van der Waals surface area contributed by atoms with Crippen molar-refractivity contribution in [2.75, 3.05) is 7.05 Å². The summed E-state index contributed by atoms with van der Waals surface area (Å²) in [5.41, 5.74) is 0.789. The van der Waals surface area contributed by atoms with E-state index in [0.29, 0.717) is 27.8 Å². The Morgan fingerprint density at radius 2 is 2.00 bits per heavy atom. The van der Waals surface area contributed by atoms with Crippen molar-refractivity contribution in [2.45, 2.75) is 29.8 Å². The number of benzene rings is 1. The highest BCUT2D eigenvalue weighted by Gasteiger charge is 2.36. The number of nitrogens with one attached hydrogen (secondary N) is 1. The van der Waals surface area contributed by atoms with E-state index in [9.17, 15) is 9.59 Å². The minimum Gasteiger partial charge on any atom is -0.466 e. The van der Waals surface area contributed by atoms with E-state index in [4.69, 9.17) is 51.8 Å². The van der Waals surface area contributed by atoms with Crippen LogP contribution in [-0.2, 0) is 9.59 Å². The number of hydrogen-bond acceptors (Lipinski definition) is 5. The molecule has 5 nitrogen and oxygen atoms in total. The average Bonchev–Trinajstić information content (AvgIpc) is 2.82. The number of nitrogens with zero attached hydrogens (tertiary/aromatic N) is 1. The van der Waals surface area contributed by atoms with Gasteiger partial charge in [0.15, 0.2) is 0 Å². The van der Waals surface area contributed by atoms with Crippen LogP contribution in [0.25, 0.3) is 6.08 Å². The standard InChI is InChI=1S/C17H17Cl3N2O3S2/c1-3-4-13(23)21-15(17(18,19)20)25-11-7-5-10(6-8-11)9-12-14(24)22(2)16(26)27-12/h5-9,15H,3-4H2,1-2H3,(H,21,23)/b12-9-/t15-/m0/s1. The molecule has 0 aliphatic carbocycles. The van der Waals surface area contributed by atoms with Gasteiger partial charge in [0.1, 0.15) is 10.1 Å². The molecular formula is C17H17Cl3N2O3S2. The molecule has 146 valence electrons. The average molecular weight is 468 g/mol. The first-order chi connectivity index (χ1) is 12.6. The van der Waals surface area contributed by atoms with E-state index in [2.05, 4.69) is 5.32 Å². The van der Waals surface area contributed by atoms with Gasteiger partial charge in [-0.1, -0.05) is 77.8 Å². The summed E-state index contributed by atoms with van der Waals surface area (Å²) < 4.78 is 4.30. The van der Waals surface area contributed by atoms with Crippen molar-refractivity contribution in [3.8, 4) is 5.75 Å². The maximum absolute atomic E-state index is 12.0. The monoisotopic (exact) mass is 466 g/mol. The van der Waals surface area contributed by atoms with Gasteiger partial charge in [-0.05, 0) is 30.2 Å². The Morgan fingerprint density at radius 3 is 2.48 bits per heavy atom. The number of hydrogen-bond donors (Lipinski definition) is 1. The quantitative estimate of drug-likeness (QED) is 0.289. The van der Waals surface area contributed by atoms with Crippen molar-refractivity contribution >= 4 is 81.0 Å². The van der Waals surface area contributed by atoms with E-state index in [1.807, 2.05) is 6.92 Å². The molecule has 1 aromatic carbocycles. The number of carbonyl (C=O) groups excluding carboxylic acids is 2. The van der Waals surface area contributed by atoms with E-state index >= 15 is 0 Å². The van der Waals surface area contributed by atoms with Gasteiger partial charge in [-0.25, -0.2) is 0 Å². The second-order valence-electron chi connectivity index (χ2n) is 5.67. The number of thiocarbonyl (C=S) groups is 1. The highest BCUT2D eigenvalue weighted by atomic mass is 35.6. The molecule has 0 bridgehead atoms. The fourth-order valence-electron chi connectivity index (χ4n) is 2.10. The van der Waals surface area contributed by atoms with Gasteiger partial charge in [-0.3, -0.25) is 14.5 Å². The normalized spacial score (nSPS) is 17.4. The minimum absolute atomic E-state index is 0.139. The predicted molar refractivity (Wildman–Crippen MR) is 115 cm³/mol. The van der Waals surface area contributed by atoms with Crippen molar-refractivity contribution in [3.63, 3.8) is 0 Å². The number of thioether (sulfide) groups is 1. The second-order valence-corrected chi connectivity index (χ2v) is 9.71. The third-order valence-corrected chi connectivity index (χ3v) is 5.56. The lowest BCUT2D eigenvalue weighted by molar-refractivity contribution is -0.123. The Kier molecular flexibility index (Phi) is 7.83. The van der Waals surface area contributed by atoms with Gasteiger partial charge in [0, 0.05) is 13.5 Å². The summed E-state index contributed by atoms with van der Waals surface area (Å²) in [6.07, 6.45) is 1.57. The van der Waals surface area contributed by atoms with Crippen molar-refractivity contribution in [1.29, 1.82) is 0 Å². The summed E-state index contributed by atoms with van der Waals surface area (Å²) in [5, 5.41) is 2.56. The van der Waals surface area contributed by atoms with Crippen LogP contribution in [0, 0.1) is 0 Å². The SMILES string of the molecule is CCCC(=O)N[C@@H](Oc1ccc(/C=C2\SC(=S)N(C)C2=O)cc1)C(Cl)(Cl)Cl. The zero-order valence-corrected chi connectivity index (χ0v) is 18.4. The van der Waals surface area contributed by atoms with E-state index in [1.54, 1.807) is 37.4 Å². The van der Waals surface area contributed by atoms with Crippen LogP contribution >= 0.6 is 58.8 Å². The Morgan fingerprint density at radius 1 is 1.37 bits per heavy atom. The van der Waals surface area contributed by atoms with Crippen LogP contribution in [-0.4, -0.2) is 38.1 Å². The highest BCUT2D eigenvalue weighted by molar-refractivity contribution is 8.26. The first-order valence-corrected chi connectivity index (χ1v) is 10.3. The lowest BCUT2D eigenvalue weighted by atomic mass is 10.2. The number of amides is 2. The number of likely N-dealkylation sites (N-methyl/N-ethyl adjacent to an activating group) is 1. The summed E-state index contributed by atoms with van der Waals surface area (Å²) in [5.74, 6) is -0.00409. The lowest BCUT2D eigenvalue weighted by Gasteiger charge is -2.26. The fraction of sp³-hybridized carbons (Fsp3) is 0.353. The summed E-state index contributed by atoms with van der Waals surface area (Å²) in [4.78, 5) is 25.8. The molecule has 1 N–H and O–H groups in total. The van der Waals surface area contributed by atoms with E-state index in [0.717, 1.165) is 5.56 Å². The molecule has 0 unspecified atom stereocenters. The van der Waals surface area contributed by atoms with Gasteiger partial charge in [0.2, 0.25) is 15.9 Å². The third-order valence-electron chi connectivity index (χ3n) is 3.48. The molecule has 1 aromatic rings. The molecule has 1 aliphatic rings. The van der Waals surface area contributed by atoms with Crippen LogP contribution in [0.5, 0.6) is 5.75 Å². The van der Waals surface area contributed by atoms with Crippen molar-refractivity contribution < 1.29 is 14.3 Å². The van der Waals surface area contributed by atoms with Gasteiger partial charge >= 0.3 is 0 Å². The van der Waals surface area contributed by atoms with Gasteiger partial charge in [0.05, 0.1) is 4.91 Å². The lowest BCUT2D eigenvalue weighted by Crippen LogP contribution is -2.47. The molecule has 2 rings (SSSR count). The zero-order chi connectivity index (χ0) is 20.2. The molecule has 10 heteroatoms. The summed E-state index contributed by atoms with van der Waals surface area (Å²) in [7, 11) is 1.64. The molecule has 1 heterocycles. The topological polar surface area (TPSA) is 58.6 Å². The molecule has 0 saturated carbocycles. The second kappa shape index (κ2) is 9.47. The van der Waals surface area contributed by atoms with E-state index in [-0.39, 0.29) is 11.8 Å².